The van der Waals surface area contributed by atoms with Crippen LogP contribution in [0.3, 0.4) is 0 Å². The van der Waals surface area contributed by atoms with Crippen LogP contribution in [0.1, 0.15) is 43.6 Å². The first kappa shape index (κ1) is 23.7. The van der Waals surface area contributed by atoms with E-state index in [-0.39, 0.29) is 0 Å². The molecule has 6 aromatic rings. The van der Waals surface area contributed by atoms with Crippen molar-refractivity contribution in [1.29, 1.82) is 0 Å². The summed E-state index contributed by atoms with van der Waals surface area (Å²) in [6.07, 6.45) is 6.66. The molecule has 1 aliphatic carbocycles. The number of fused-ring (bicyclic) bond motifs is 2. The zero-order valence-corrected chi connectivity index (χ0v) is 22.2. The fourth-order valence-electron chi connectivity index (χ4n) is 6.55. The van der Waals surface area contributed by atoms with Crippen LogP contribution in [-0.4, -0.2) is 0 Å². The summed E-state index contributed by atoms with van der Waals surface area (Å²) in [6, 6.07) is 46.5. The number of hydrogen-bond donors (Lipinski definition) is 1. The maximum absolute atomic E-state index is 3.79. The second-order valence-corrected chi connectivity index (χ2v) is 10.9. The highest BCUT2D eigenvalue weighted by Crippen LogP contribution is 2.40. The summed E-state index contributed by atoms with van der Waals surface area (Å²) in [7, 11) is 0. The van der Waals surface area contributed by atoms with Gasteiger partial charge in [-0.3, -0.25) is 0 Å². The van der Waals surface area contributed by atoms with Crippen molar-refractivity contribution >= 4 is 32.9 Å². The summed E-state index contributed by atoms with van der Waals surface area (Å²) in [5.41, 5.74) is 8.91. The molecule has 39 heavy (non-hydrogen) atoms. The van der Waals surface area contributed by atoms with Gasteiger partial charge < -0.3 is 5.32 Å². The normalized spacial score (nSPS) is 14.1. The number of rotatable bonds is 5. The predicted octanol–water partition coefficient (Wildman–Crippen LogP) is 11.1. The molecule has 0 atom stereocenters. The summed E-state index contributed by atoms with van der Waals surface area (Å²) in [4.78, 5) is 0. The lowest BCUT2D eigenvalue weighted by Gasteiger charge is -2.25. The highest BCUT2D eigenvalue weighted by molar-refractivity contribution is 6.09. The maximum Gasteiger partial charge on any atom is 0.0419 e. The number of anilines is 2. The molecule has 1 saturated carbocycles. The van der Waals surface area contributed by atoms with Crippen LogP contribution >= 0.6 is 0 Å². The molecule has 190 valence electrons. The van der Waals surface area contributed by atoms with Crippen LogP contribution in [0, 0.1) is 0 Å². The zero-order valence-electron chi connectivity index (χ0n) is 22.2. The maximum atomic E-state index is 3.79. The molecule has 0 radical (unpaired) electrons. The molecule has 1 aliphatic rings. The van der Waals surface area contributed by atoms with E-state index in [0.717, 1.165) is 5.69 Å². The van der Waals surface area contributed by atoms with Gasteiger partial charge in [-0.2, -0.15) is 0 Å². The summed E-state index contributed by atoms with van der Waals surface area (Å²) in [5, 5.41) is 8.92. The predicted molar refractivity (Wildman–Crippen MR) is 168 cm³/mol. The van der Waals surface area contributed by atoms with Gasteiger partial charge in [0.25, 0.3) is 0 Å². The van der Waals surface area contributed by atoms with Gasteiger partial charge in [-0.05, 0) is 86.3 Å². The summed E-state index contributed by atoms with van der Waals surface area (Å²) in [6.45, 7) is 0. The largest absolute Gasteiger partial charge is 0.355 e. The average Bonchev–Trinajstić information content (AvgIpc) is 3.01. The lowest BCUT2D eigenvalue weighted by atomic mass is 9.83. The molecule has 0 aromatic heterocycles. The Kier molecular flexibility index (Phi) is 6.34. The van der Waals surface area contributed by atoms with Gasteiger partial charge in [-0.15, -0.1) is 0 Å². The van der Waals surface area contributed by atoms with Gasteiger partial charge in [0.15, 0.2) is 0 Å². The first-order valence-corrected chi connectivity index (χ1v) is 14.3. The van der Waals surface area contributed by atoms with Crippen molar-refractivity contribution in [1.82, 2.24) is 0 Å². The zero-order chi connectivity index (χ0) is 26.0. The van der Waals surface area contributed by atoms with Crippen LogP contribution < -0.4 is 5.32 Å². The van der Waals surface area contributed by atoms with E-state index < -0.39 is 0 Å². The van der Waals surface area contributed by atoms with Crippen LogP contribution in [0.4, 0.5) is 11.4 Å². The van der Waals surface area contributed by atoms with Gasteiger partial charge in [0.1, 0.15) is 0 Å². The topological polar surface area (TPSA) is 12.0 Å². The van der Waals surface area contributed by atoms with Crippen molar-refractivity contribution in [3.63, 3.8) is 0 Å². The number of nitrogens with one attached hydrogen (secondary N) is 1. The van der Waals surface area contributed by atoms with Gasteiger partial charge in [-0.25, -0.2) is 0 Å². The van der Waals surface area contributed by atoms with Crippen LogP contribution in [-0.2, 0) is 0 Å². The van der Waals surface area contributed by atoms with Gasteiger partial charge in [0.05, 0.1) is 0 Å². The Morgan fingerprint density at radius 3 is 2.00 bits per heavy atom. The van der Waals surface area contributed by atoms with Crippen molar-refractivity contribution in [2.24, 2.45) is 0 Å². The third-order valence-corrected chi connectivity index (χ3v) is 8.46. The fraction of sp³-hybridized carbons (Fsp3) is 0.158. The minimum Gasteiger partial charge on any atom is -0.355 e. The second-order valence-electron chi connectivity index (χ2n) is 10.9. The first-order chi connectivity index (χ1) is 19.3. The van der Waals surface area contributed by atoms with E-state index in [9.17, 15) is 0 Å². The van der Waals surface area contributed by atoms with Crippen LogP contribution in [0.5, 0.6) is 0 Å². The van der Waals surface area contributed by atoms with Crippen molar-refractivity contribution in [3.05, 3.63) is 133 Å². The summed E-state index contributed by atoms with van der Waals surface area (Å²) in [5.74, 6) is 0.663. The fourth-order valence-corrected chi connectivity index (χ4v) is 6.55. The molecule has 1 fully saturated rings. The van der Waals surface area contributed by atoms with Crippen molar-refractivity contribution < 1.29 is 0 Å². The van der Waals surface area contributed by atoms with Crippen LogP contribution in [0.15, 0.2) is 127 Å². The Hall–Kier alpha value is -4.36. The number of hydrogen-bond acceptors (Lipinski definition) is 1. The highest BCUT2D eigenvalue weighted by Gasteiger charge is 2.18. The molecule has 0 unspecified atom stereocenters. The van der Waals surface area contributed by atoms with Crippen LogP contribution in [0.2, 0.25) is 0 Å². The number of benzene rings is 6. The van der Waals surface area contributed by atoms with E-state index >= 15 is 0 Å². The molecule has 0 spiro atoms. The lowest BCUT2D eigenvalue weighted by Crippen LogP contribution is -2.07. The summed E-state index contributed by atoms with van der Waals surface area (Å²) < 4.78 is 0. The molecule has 0 saturated heterocycles. The highest BCUT2D eigenvalue weighted by atomic mass is 14.9. The second kappa shape index (κ2) is 10.4. The van der Waals surface area contributed by atoms with E-state index in [1.165, 1.54) is 87.2 Å². The molecule has 0 heterocycles. The van der Waals surface area contributed by atoms with Gasteiger partial charge in [0.2, 0.25) is 0 Å². The molecule has 0 amide bonds. The quantitative estimate of drug-likeness (QED) is 0.247. The smallest absolute Gasteiger partial charge is 0.0419 e. The van der Waals surface area contributed by atoms with E-state index in [1.54, 1.807) is 0 Å². The average molecular weight is 504 g/mol. The molecule has 7 rings (SSSR count). The Bertz CT molecular complexity index is 1770. The van der Waals surface area contributed by atoms with Crippen molar-refractivity contribution in [2.75, 3.05) is 5.32 Å². The Morgan fingerprint density at radius 1 is 0.487 bits per heavy atom. The molecular formula is C38H33N. The van der Waals surface area contributed by atoms with E-state index in [0.29, 0.717) is 5.92 Å². The third kappa shape index (κ3) is 4.59. The molecule has 1 N–H and O–H groups in total. The van der Waals surface area contributed by atoms with Gasteiger partial charge in [-0.1, -0.05) is 128 Å². The van der Waals surface area contributed by atoms with Crippen molar-refractivity contribution in [2.45, 2.75) is 38.0 Å². The third-order valence-electron chi connectivity index (χ3n) is 8.46. The minimum absolute atomic E-state index is 0.663. The number of para-hydroxylation sites is 1. The molecule has 1 heteroatoms. The molecule has 0 bridgehead atoms. The lowest BCUT2D eigenvalue weighted by molar-refractivity contribution is 0.444. The van der Waals surface area contributed by atoms with Gasteiger partial charge >= 0.3 is 0 Å². The SMILES string of the molecule is c1cc(Nc2ccccc2C2CCCCC2)cc(-c2ccc(-c3cccc4ccccc34)c3ccccc23)c1. The van der Waals surface area contributed by atoms with Crippen LogP contribution in [0.25, 0.3) is 43.8 Å². The standard InChI is InChI=1S/C38H33N/c1-2-12-28(13-3-1)33-19-8-9-23-38(33)39-30-17-10-16-29(26-30)32-24-25-37(36-21-7-6-20-34(32)36)35-22-11-15-27-14-4-5-18-31(27)35/h4-11,14-26,28,39H,1-3,12-13H2. The monoisotopic (exact) mass is 503 g/mol. The Morgan fingerprint density at radius 2 is 1.13 bits per heavy atom. The van der Waals surface area contributed by atoms with E-state index in [4.69, 9.17) is 0 Å². The Labute approximate surface area is 231 Å². The first-order valence-electron chi connectivity index (χ1n) is 14.3. The summed E-state index contributed by atoms with van der Waals surface area (Å²) >= 11 is 0. The Balaban J connectivity index is 1.28. The minimum atomic E-state index is 0.663. The molecule has 0 aliphatic heterocycles. The van der Waals surface area contributed by atoms with Gasteiger partial charge in [0, 0.05) is 11.4 Å². The molecular weight excluding hydrogens is 470 g/mol. The van der Waals surface area contributed by atoms with E-state index in [2.05, 4.69) is 133 Å². The van der Waals surface area contributed by atoms with Crippen molar-refractivity contribution in [3.8, 4) is 22.3 Å². The molecule has 1 nitrogen and oxygen atoms in total. The molecule has 6 aromatic carbocycles. The van der Waals surface area contributed by atoms with E-state index in [1.807, 2.05) is 0 Å².